The summed E-state index contributed by atoms with van der Waals surface area (Å²) < 4.78 is 11.3. The molecule has 7 nitrogen and oxygen atoms in total. The molecule has 0 aliphatic rings. The van der Waals surface area contributed by atoms with Gasteiger partial charge in [0, 0.05) is 5.56 Å². The first-order valence-corrected chi connectivity index (χ1v) is 9.68. The molecule has 28 heavy (non-hydrogen) atoms. The van der Waals surface area contributed by atoms with Crippen LogP contribution in [0.5, 0.6) is 0 Å². The summed E-state index contributed by atoms with van der Waals surface area (Å²) in [6.45, 7) is 1.84. The van der Waals surface area contributed by atoms with Gasteiger partial charge in [0.15, 0.2) is 5.16 Å². The van der Waals surface area contributed by atoms with Gasteiger partial charge in [0.2, 0.25) is 5.89 Å². The van der Waals surface area contributed by atoms with Gasteiger partial charge in [-0.15, -0.1) is 10.2 Å². The lowest BCUT2D eigenvalue weighted by Crippen LogP contribution is -1.84. The van der Waals surface area contributed by atoms with E-state index in [1.807, 2.05) is 61.5 Å². The van der Waals surface area contributed by atoms with Crippen molar-refractivity contribution in [1.29, 1.82) is 0 Å². The number of fused-ring (bicyclic) bond motifs is 1. The van der Waals surface area contributed by atoms with Gasteiger partial charge in [-0.05, 0) is 19.1 Å². The van der Waals surface area contributed by atoms with Gasteiger partial charge in [0.05, 0.1) is 16.8 Å². The summed E-state index contributed by atoms with van der Waals surface area (Å²) in [4.78, 5) is 7.82. The first-order chi connectivity index (χ1) is 13.8. The van der Waals surface area contributed by atoms with Crippen molar-refractivity contribution >= 4 is 22.8 Å². The number of thioether (sulfide) groups is 1. The highest BCUT2D eigenvalue weighted by Crippen LogP contribution is 2.34. The lowest BCUT2D eigenvalue weighted by Gasteiger charge is -1.98. The number of nitrogens with zero attached hydrogens (tertiary/aromatic N) is 4. The molecule has 0 unspecified atom stereocenters. The third-order valence-corrected chi connectivity index (χ3v) is 5.15. The average Bonchev–Trinajstić information content (AvgIpc) is 3.44. The zero-order chi connectivity index (χ0) is 18.9. The smallest absolute Gasteiger partial charge is 0.253 e. The number of nitrogens with one attached hydrogen (secondary N) is 1. The van der Waals surface area contributed by atoms with Crippen LogP contribution in [0.1, 0.15) is 11.7 Å². The predicted molar refractivity (Wildman–Crippen MR) is 106 cm³/mol. The van der Waals surface area contributed by atoms with Gasteiger partial charge < -0.3 is 13.9 Å². The van der Waals surface area contributed by atoms with Crippen LogP contribution in [0.15, 0.2) is 68.7 Å². The summed E-state index contributed by atoms with van der Waals surface area (Å²) in [5, 5.41) is 13.3. The molecule has 5 aromatic rings. The van der Waals surface area contributed by atoms with Crippen LogP contribution in [-0.2, 0) is 5.75 Å². The summed E-state index contributed by atoms with van der Waals surface area (Å²) >= 11 is 1.51. The molecule has 8 heteroatoms. The molecule has 0 radical (unpaired) electrons. The van der Waals surface area contributed by atoms with Gasteiger partial charge in [-0.3, -0.25) is 0 Å². The van der Waals surface area contributed by atoms with E-state index in [0.29, 0.717) is 29.0 Å². The van der Waals surface area contributed by atoms with Gasteiger partial charge in [-0.25, -0.2) is 4.98 Å². The topological polar surface area (TPSA) is 93.6 Å². The SMILES string of the molecule is Cc1onc(-c2ccccc2)c1-c1nnc(CSc2nc3ccccc3[nH]2)o1. The second-order valence-electron chi connectivity index (χ2n) is 6.18. The minimum atomic E-state index is 0.401. The van der Waals surface area contributed by atoms with Gasteiger partial charge in [-0.2, -0.15) is 0 Å². The molecule has 0 saturated carbocycles. The van der Waals surface area contributed by atoms with Crippen molar-refractivity contribution in [2.75, 3.05) is 0 Å². The maximum Gasteiger partial charge on any atom is 0.253 e. The van der Waals surface area contributed by atoms with E-state index in [9.17, 15) is 0 Å². The molecule has 0 bridgehead atoms. The number of aromatic nitrogens is 5. The van der Waals surface area contributed by atoms with Crippen molar-refractivity contribution in [2.45, 2.75) is 17.8 Å². The molecule has 0 aliphatic heterocycles. The van der Waals surface area contributed by atoms with E-state index in [1.165, 1.54) is 11.8 Å². The van der Waals surface area contributed by atoms with E-state index in [4.69, 9.17) is 8.94 Å². The molecule has 5 rings (SSSR count). The first-order valence-electron chi connectivity index (χ1n) is 8.70. The number of benzene rings is 2. The molecule has 0 amide bonds. The van der Waals surface area contributed by atoms with Crippen molar-refractivity contribution in [1.82, 2.24) is 25.3 Å². The molecule has 3 aromatic heterocycles. The number of para-hydroxylation sites is 2. The van der Waals surface area contributed by atoms with E-state index >= 15 is 0 Å². The third-order valence-electron chi connectivity index (χ3n) is 4.29. The second-order valence-corrected chi connectivity index (χ2v) is 7.14. The van der Waals surface area contributed by atoms with Crippen molar-refractivity contribution in [2.24, 2.45) is 0 Å². The van der Waals surface area contributed by atoms with E-state index < -0.39 is 0 Å². The van der Waals surface area contributed by atoms with Gasteiger partial charge >= 0.3 is 0 Å². The fourth-order valence-electron chi connectivity index (χ4n) is 2.96. The van der Waals surface area contributed by atoms with Crippen LogP contribution in [-0.4, -0.2) is 25.3 Å². The highest BCUT2D eigenvalue weighted by atomic mass is 32.2. The molecular formula is C20H15N5O2S. The van der Waals surface area contributed by atoms with Crippen LogP contribution < -0.4 is 0 Å². The minimum Gasteiger partial charge on any atom is -0.420 e. The van der Waals surface area contributed by atoms with Crippen LogP contribution in [0.3, 0.4) is 0 Å². The minimum absolute atomic E-state index is 0.401. The van der Waals surface area contributed by atoms with E-state index in [0.717, 1.165) is 27.3 Å². The van der Waals surface area contributed by atoms with Gasteiger partial charge in [-0.1, -0.05) is 59.4 Å². The summed E-state index contributed by atoms with van der Waals surface area (Å²) in [6.07, 6.45) is 0. The molecule has 2 aromatic carbocycles. The Morgan fingerprint density at radius 1 is 1.00 bits per heavy atom. The predicted octanol–water partition coefficient (Wildman–Crippen LogP) is 4.87. The van der Waals surface area contributed by atoms with Crippen LogP contribution in [0.2, 0.25) is 0 Å². The molecule has 1 N–H and O–H groups in total. The van der Waals surface area contributed by atoms with Crippen molar-refractivity contribution in [3.63, 3.8) is 0 Å². The Bertz CT molecular complexity index is 1210. The summed E-state index contributed by atoms with van der Waals surface area (Å²) in [5.41, 5.74) is 4.29. The fourth-order valence-corrected chi connectivity index (χ4v) is 3.68. The van der Waals surface area contributed by atoms with Gasteiger partial charge in [0.1, 0.15) is 17.0 Å². The normalized spacial score (nSPS) is 11.3. The Morgan fingerprint density at radius 2 is 1.82 bits per heavy atom. The molecule has 3 heterocycles. The molecule has 0 fully saturated rings. The van der Waals surface area contributed by atoms with E-state index in [2.05, 4.69) is 25.3 Å². The van der Waals surface area contributed by atoms with E-state index in [1.54, 1.807) is 0 Å². The van der Waals surface area contributed by atoms with Crippen LogP contribution in [0, 0.1) is 6.92 Å². The lowest BCUT2D eigenvalue weighted by molar-refractivity contribution is 0.399. The summed E-state index contributed by atoms with van der Waals surface area (Å²) in [7, 11) is 0. The zero-order valence-corrected chi connectivity index (χ0v) is 15.7. The number of aromatic amines is 1. The highest BCUT2D eigenvalue weighted by molar-refractivity contribution is 7.98. The monoisotopic (exact) mass is 389 g/mol. The van der Waals surface area contributed by atoms with Crippen LogP contribution in [0.25, 0.3) is 33.7 Å². The number of hydrogen-bond acceptors (Lipinski definition) is 7. The van der Waals surface area contributed by atoms with Crippen LogP contribution in [0.4, 0.5) is 0 Å². The summed E-state index contributed by atoms with van der Waals surface area (Å²) in [6, 6.07) is 17.7. The second kappa shape index (κ2) is 6.97. The summed E-state index contributed by atoms with van der Waals surface area (Å²) in [5.74, 6) is 2.06. The standard InChI is InChI=1S/C20H15N5O2S/c1-12-17(18(25-27-12)13-7-3-2-4-8-13)19-24-23-16(26-19)11-28-20-21-14-9-5-6-10-15(14)22-20/h2-10H,11H2,1H3,(H,21,22). The van der Waals surface area contributed by atoms with E-state index in [-0.39, 0.29) is 0 Å². The molecule has 0 spiro atoms. The maximum absolute atomic E-state index is 5.88. The molecule has 0 aliphatic carbocycles. The van der Waals surface area contributed by atoms with Crippen molar-refractivity contribution in [3.05, 3.63) is 66.2 Å². The Balaban J connectivity index is 1.39. The molecular weight excluding hydrogens is 374 g/mol. The number of aryl methyl sites for hydroxylation is 1. The average molecular weight is 389 g/mol. The highest BCUT2D eigenvalue weighted by Gasteiger charge is 2.22. The number of hydrogen-bond donors (Lipinski definition) is 1. The number of H-pyrrole nitrogens is 1. The quantitative estimate of drug-likeness (QED) is 0.429. The first kappa shape index (κ1) is 16.8. The molecule has 138 valence electrons. The van der Waals surface area contributed by atoms with Gasteiger partial charge in [0.25, 0.3) is 5.89 Å². The van der Waals surface area contributed by atoms with Crippen molar-refractivity contribution < 1.29 is 8.94 Å². The molecule has 0 atom stereocenters. The third kappa shape index (κ3) is 3.07. The number of imidazole rings is 1. The fraction of sp³-hybridized carbons (Fsp3) is 0.100. The Kier molecular flexibility index (Phi) is 4.17. The Morgan fingerprint density at radius 3 is 2.68 bits per heavy atom. The molecule has 0 saturated heterocycles. The zero-order valence-electron chi connectivity index (χ0n) is 14.9. The number of rotatable bonds is 5. The maximum atomic E-state index is 5.88. The largest absolute Gasteiger partial charge is 0.420 e. The Hall–Kier alpha value is -3.39. The Labute approximate surface area is 164 Å². The lowest BCUT2D eigenvalue weighted by atomic mass is 10.1. The van der Waals surface area contributed by atoms with Crippen molar-refractivity contribution in [3.8, 4) is 22.7 Å². The van der Waals surface area contributed by atoms with Crippen LogP contribution >= 0.6 is 11.8 Å².